The number of benzene rings is 2. The Morgan fingerprint density at radius 2 is 1.79 bits per heavy atom. The van der Waals surface area contributed by atoms with Crippen molar-refractivity contribution in [3.63, 3.8) is 0 Å². The van der Waals surface area contributed by atoms with Gasteiger partial charge in [-0.3, -0.25) is 4.79 Å². The van der Waals surface area contributed by atoms with E-state index in [0.717, 1.165) is 24.0 Å². The van der Waals surface area contributed by atoms with Crippen LogP contribution in [0.2, 0.25) is 0 Å². The minimum absolute atomic E-state index is 0.0278. The molecule has 1 aliphatic heterocycles. The van der Waals surface area contributed by atoms with Crippen LogP contribution in [0.4, 0.5) is 0 Å². The average Bonchev–Trinajstić information content (AvgIpc) is 2.78. The summed E-state index contributed by atoms with van der Waals surface area (Å²) in [6, 6.07) is 15.0. The molecule has 0 aliphatic carbocycles. The van der Waals surface area contributed by atoms with Gasteiger partial charge in [-0.1, -0.05) is 36.4 Å². The Labute approximate surface area is 171 Å². The fourth-order valence-electron chi connectivity index (χ4n) is 3.86. The van der Waals surface area contributed by atoms with Gasteiger partial charge in [0.25, 0.3) is 0 Å². The van der Waals surface area contributed by atoms with Crippen LogP contribution in [0.5, 0.6) is 11.5 Å². The molecule has 0 radical (unpaired) electrons. The van der Waals surface area contributed by atoms with Crippen LogP contribution < -0.4 is 14.8 Å². The van der Waals surface area contributed by atoms with Crippen molar-refractivity contribution in [1.29, 1.82) is 0 Å². The molecule has 2 aromatic carbocycles. The molecule has 1 unspecified atom stereocenters. The maximum atomic E-state index is 12.6. The SMILES string of the molecule is COc1ccc(CC(=O)NCC(O)(c2ccccc2)C2CCOCC2)cc1OC. The Hall–Kier alpha value is -2.57. The van der Waals surface area contributed by atoms with E-state index in [2.05, 4.69) is 5.32 Å². The monoisotopic (exact) mass is 399 g/mol. The molecule has 1 saturated heterocycles. The first-order chi connectivity index (χ1) is 14.1. The van der Waals surface area contributed by atoms with Crippen molar-refractivity contribution in [2.45, 2.75) is 24.9 Å². The van der Waals surface area contributed by atoms with Crippen LogP contribution in [0.15, 0.2) is 48.5 Å². The van der Waals surface area contributed by atoms with Crippen LogP contribution in [0, 0.1) is 5.92 Å². The summed E-state index contributed by atoms with van der Waals surface area (Å²) in [5, 5.41) is 14.5. The van der Waals surface area contributed by atoms with E-state index in [0.29, 0.717) is 24.7 Å². The van der Waals surface area contributed by atoms with Gasteiger partial charge in [0.2, 0.25) is 5.91 Å². The molecule has 0 aromatic heterocycles. The van der Waals surface area contributed by atoms with Gasteiger partial charge in [-0.05, 0) is 42.0 Å². The summed E-state index contributed by atoms with van der Waals surface area (Å²) >= 11 is 0. The van der Waals surface area contributed by atoms with E-state index in [1.54, 1.807) is 26.4 Å². The molecule has 6 heteroatoms. The summed E-state index contributed by atoms with van der Waals surface area (Å²) < 4.78 is 16.0. The first-order valence-electron chi connectivity index (χ1n) is 9.90. The van der Waals surface area contributed by atoms with Crippen LogP contribution in [-0.2, 0) is 21.6 Å². The molecule has 156 valence electrons. The number of rotatable bonds is 8. The minimum Gasteiger partial charge on any atom is -0.493 e. The van der Waals surface area contributed by atoms with Gasteiger partial charge < -0.3 is 24.6 Å². The van der Waals surface area contributed by atoms with E-state index >= 15 is 0 Å². The molecule has 0 bridgehead atoms. The standard InChI is InChI=1S/C23H29NO5/c1-27-20-9-8-17(14-21(20)28-2)15-22(25)24-16-23(26,18-6-4-3-5-7-18)19-10-12-29-13-11-19/h3-9,14,19,26H,10-13,15-16H2,1-2H3,(H,24,25). The van der Waals surface area contributed by atoms with Crippen molar-refractivity contribution in [3.05, 3.63) is 59.7 Å². The molecular weight excluding hydrogens is 370 g/mol. The molecule has 29 heavy (non-hydrogen) atoms. The maximum Gasteiger partial charge on any atom is 0.224 e. The van der Waals surface area contributed by atoms with E-state index in [-0.39, 0.29) is 24.8 Å². The van der Waals surface area contributed by atoms with Crippen LogP contribution >= 0.6 is 0 Å². The van der Waals surface area contributed by atoms with Gasteiger partial charge in [0.15, 0.2) is 11.5 Å². The predicted octanol–water partition coefficient (Wildman–Crippen LogP) is 2.68. The van der Waals surface area contributed by atoms with Gasteiger partial charge in [0.05, 0.1) is 27.2 Å². The number of carbonyl (C=O) groups excluding carboxylic acids is 1. The highest BCUT2D eigenvalue weighted by Crippen LogP contribution is 2.35. The van der Waals surface area contributed by atoms with E-state index in [1.807, 2.05) is 36.4 Å². The molecule has 6 nitrogen and oxygen atoms in total. The average molecular weight is 399 g/mol. The minimum atomic E-state index is -1.13. The number of carbonyl (C=O) groups is 1. The number of aliphatic hydroxyl groups is 1. The molecule has 1 amide bonds. The first kappa shape index (κ1) is 21.1. The Morgan fingerprint density at radius 3 is 2.45 bits per heavy atom. The maximum absolute atomic E-state index is 12.6. The van der Waals surface area contributed by atoms with Crippen LogP contribution in [0.25, 0.3) is 0 Å². The van der Waals surface area contributed by atoms with Crippen molar-refractivity contribution in [2.24, 2.45) is 5.92 Å². The normalized spacial score (nSPS) is 16.7. The molecule has 2 aromatic rings. The molecule has 1 heterocycles. The lowest BCUT2D eigenvalue weighted by molar-refractivity contribution is -0.123. The lowest BCUT2D eigenvalue weighted by Crippen LogP contribution is -2.48. The van der Waals surface area contributed by atoms with Gasteiger partial charge in [-0.2, -0.15) is 0 Å². The molecule has 3 rings (SSSR count). The summed E-state index contributed by atoms with van der Waals surface area (Å²) in [7, 11) is 3.14. The Morgan fingerprint density at radius 1 is 1.10 bits per heavy atom. The highest BCUT2D eigenvalue weighted by atomic mass is 16.5. The fourth-order valence-corrected chi connectivity index (χ4v) is 3.86. The van der Waals surface area contributed by atoms with Gasteiger partial charge >= 0.3 is 0 Å². The third-order valence-electron chi connectivity index (χ3n) is 5.54. The number of methoxy groups -OCH3 is 2. The van der Waals surface area contributed by atoms with Crippen molar-refractivity contribution in [3.8, 4) is 11.5 Å². The number of ether oxygens (including phenoxy) is 3. The lowest BCUT2D eigenvalue weighted by atomic mass is 9.77. The number of amides is 1. The number of hydrogen-bond acceptors (Lipinski definition) is 5. The number of nitrogens with one attached hydrogen (secondary N) is 1. The van der Waals surface area contributed by atoms with Gasteiger partial charge in [0, 0.05) is 13.2 Å². The smallest absolute Gasteiger partial charge is 0.224 e. The van der Waals surface area contributed by atoms with Gasteiger partial charge in [-0.15, -0.1) is 0 Å². The Kier molecular flexibility index (Phi) is 7.12. The zero-order chi connectivity index (χ0) is 20.7. The second-order valence-corrected chi connectivity index (χ2v) is 7.32. The first-order valence-corrected chi connectivity index (χ1v) is 9.90. The predicted molar refractivity (Wildman–Crippen MR) is 110 cm³/mol. The number of hydrogen-bond donors (Lipinski definition) is 2. The van der Waals surface area contributed by atoms with E-state index < -0.39 is 5.60 Å². The zero-order valence-corrected chi connectivity index (χ0v) is 17.0. The molecule has 2 N–H and O–H groups in total. The Bertz CT molecular complexity index is 804. The molecule has 1 fully saturated rings. The molecule has 0 saturated carbocycles. The van der Waals surface area contributed by atoms with Crippen molar-refractivity contribution in [2.75, 3.05) is 34.0 Å². The Balaban J connectivity index is 1.70. The third kappa shape index (κ3) is 5.08. The van der Waals surface area contributed by atoms with E-state index in [4.69, 9.17) is 14.2 Å². The van der Waals surface area contributed by atoms with Crippen molar-refractivity contribution in [1.82, 2.24) is 5.32 Å². The van der Waals surface area contributed by atoms with Crippen molar-refractivity contribution < 1.29 is 24.1 Å². The zero-order valence-electron chi connectivity index (χ0n) is 17.0. The summed E-state index contributed by atoms with van der Waals surface area (Å²) in [5.74, 6) is 1.08. The summed E-state index contributed by atoms with van der Waals surface area (Å²) in [6.07, 6.45) is 1.72. The molecule has 1 atom stereocenters. The lowest BCUT2D eigenvalue weighted by Gasteiger charge is -2.39. The summed E-state index contributed by atoms with van der Waals surface area (Å²) in [5.41, 5.74) is 0.506. The highest BCUT2D eigenvalue weighted by molar-refractivity contribution is 5.79. The van der Waals surface area contributed by atoms with Crippen LogP contribution in [0.3, 0.4) is 0 Å². The summed E-state index contributed by atoms with van der Waals surface area (Å²) in [4.78, 5) is 12.6. The summed E-state index contributed by atoms with van der Waals surface area (Å²) in [6.45, 7) is 1.41. The third-order valence-corrected chi connectivity index (χ3v) is 5.54. The molecular formula is C23H29NO5. The van der Waals surface area contributed by atoms with Crippen molar-refractivity contribution >= 4 is 5.91 Å². The quantitative estimate of drug-likeness (QED) is 0.714. The highest BCUT2D eigenvalue weighted by Gasteiger charge is 2.39. The van der Waals surface area contributed by atoms with E-state index in [9.17, 15) is 9.90 Å². The van der Waals surface area contributed by atoms with Crippen LogP contribution in [-0.4, -0.2) is 45.0 Å². The molecule has 1 aliphatic rings. The van der Waals surface area contributed by atoms with Gasteiger partial charge in [-0.25, -0.2) is 0 Å². The molecule has 0 spiro atoms. The second kappa shape index (κ2) is 9.76. The largest absolute Gasteiger partial charge is 0.493 e. The van der Waals surface area contributed by atoms with E-state index in [1.165, 1.54) is 0 Å². The van der Waals surface area contributed by atoms with Crippen LogP contribution in [0.1, 0.15) is 24.0 Å². The topological polar surface area (TPSA) is 77.0 Å². The second-order valence-electron chi connectivity index (χ2n) is 7.32. The van der Waals surface area contributed by atoms with Gasteiger partial charge in [0.1, 0.15) is 5.60 Å². The fraction of sp³-hybridized carbons (Fsp3) is 0.435.